The van der Waals surface area contributed by atoms with Crippen LogP contribution >= 0.6 is 0 Å². The minimum atomic E-state index is 0.746. The highest BCUT2D eigenvalue weighted by molar-refractivity contribution is 5.36. The van der Waals surface area contributed by atoms with E-state index in [9.17, 15) is 0 Å². The zero-order valence-corrected chi connectivity index (χ0v) is 8.38. The van der Waals surface area contributed by atoms with E-state index in [1.165, 1.54) is 16.7 Å². The van der Waals surface area contributed by atoms with Gasteiger partial charge >= 0.3 is 0 Å². The maximum absolute atomic E-state index is 5.40. The van der Waals surface area contributed by atoms with Crippen LogP contribution in [0.3, 0.4) is 0 Å². The van der Waals surface area contributed by atoms with Gasteiger partial charge in [-0.05, 0) is 23.1 Å². The summed E-state index contributed by atoms with van der Waals surface area (Å²) in [5, 5.41) is 0. The molecule has 0 spiro atoms. The van der Waals surface area contributed by atoms with E-state index in [4.69, 9.17) is 9.57 Å². The highest BCUT2D eigenvalue weighted by Gasteiger charge is 2.12. The van der Waals surface area contributed by atoms with Crippen molar-refractivity contribution < 1.29 is 9.57 Å². The van der Waals surface area contributed by atoms with E-state index < -0.39 is 0 Å². The second kappa shape index (κ2) is 4.55. The normalized spacial score (nSPS) is 15.2. The smallest absolute Gasteiger partial charge is 0.0719 e. The summed E-state index contributed by atoms with van der Waals surface area (Å²) in [5.41, 5.74) is 6.92. The SMILES string of the molecule is CONCc1cccc2c1CCOC2. The van der Waals surface area contributed by atoms with Crippen molar-refractivity contribution in [1.29, 1.82) is 0 Å². The average Bonchev–Trinajstić information content (AvgIpc) is 2.26. The van der Waals surface area contributed by atoms with Gasteiger partial charge in [0.05, 0.1) is 20.3 Å². The minimum absolute atomic E-state index is 0.746. The molecule has 0 bridgehead atoms. The molecule has 1 aromatic rings. The molecule has 0 atom stereocenters. The van der Waals surface area contributed by atoms with Gasteiger partial charge in [0, 0.05) is 6.54 Å². The minimum Gasteiger partial charge on any atom is -0.376 e. The Kier molecular flexibility index (Phi) is 3.14. The second-order valence-corrected chi connectivity index (χ2v) is 3.38. The van der Waals surface area contributed by atoms with E-state index in [2.05, 4.69) is 23.7 Å². The topological polar surface area (TPSA) is 30.5 Å². The fourth-order valence-corrected chi connectivity index (χ4v) is 1.82. The van der Waals surface area contributed by atoms with Crippen LogP contribution in [0.1, 0.15) is 16.7 Å². The zero-order chi connectivity index (χ0) is 9.80. The van der Waals surface area contributed by atoms with Gasteiger partial charge in [-0.3, -0.25) is 0 Å². The van der Waals surface area contributed by atoms with Gasteiger partial charge in [-0.25, -0.2) is 0 Å². The van der Waals surface area contributed by atoms with Crippen molar-refractivity contribution >= 4 is 0 Å². The number of ether oxygens (including phenoxy) is 1. The maximum atomic E-state index is 5.40. The summed E-state index contributed by atoms with van der Waals surface area (Å²) >= 11 is 0. The Balaban J connectivity index is 2.21. The Bertz CT molecular complexity index is 312. The molecule has 1 aliphatic rings. The van der Waals surface area contributed by atoms with Crippen LogP contribution in [0.25, 0.3) is 0 Å². The van der Waals surface area contributed by atoms with Gasteiger partial charge in [0.1, 0.15) is 0 Å². The van der Waals surface area contributed by atoms with E-state index in [1.54, 1.807) is 7.11 Å². The van der Waals surface area contributed by atoms with E-state index in [0.717, 1.165) is 26.2 Å². The fourth-order valence-electron chi connectivity index (χ4n) is 1.82. The number of rotatable bonds is 3. The standard InChI is InChI=1S/C11H15NO2/c1-13-12-7-9-3-2-4-10-8-14-6-5-11(9)10/h2-4,12H,5-8H2,1H3. The van der Waals surface area contributed by atoms with Crippen molar-refractivity contribution in [3.05, 3.63) is 34.9 Å². The van der Waals surface area contributed by atoms with Crippen molar-refractivity contribution in [2.45, 2.75) is 19.6 Å². The van der Waals surface area contributed by atoms with Gasteiger partial charge in [-0.2, -0.15) is 5.48 Å². The number of fused-ring (bicyclic) bond motifs is 1. The molecule has 14 heavy (non-hydrogen) atoms. The molecule has 0 saturated heterocycles. The van der Waals surface area contributed by atoms with E-state index in [0.29, 0.717) is 0 Å². The van der Waals surface area contributed by atoms with Gasteiger partial charge in [0.25, 0.3) is 0 Å². The summed E-state index contributed by atoms with van der Waals surface area (Å²) in [4.78, 5) is 4.86. The molecular weight excluding hydrogens is 178 g/mol. The lowest BCUT2D eigenvalue weighted by Gasteiger charge is -2.19. The molecule has 1 N–H and O–H groups in total. The lowest BCUT2D eigenvalue weighted by Crippen LogP contribution is -2.17. The van der Waals surface area contributed by atoms with Crippen LogP contribution in [0.15, 0.2) is 18.2 Å². The van der Waals surface area contributed by atoms with E-state index in [1.807, 2.05) is 0 Å². The Hall–Kier alpha value is -0.900. The lowest BCUT2D eigenvalue weighted by atomic mass is 9.97. The van der Waals surface area contributed by atoms with E-state index >= 15 is 0 Å². The Labute approximate surface area is 84.0 Å². The quantitative estimate of drug-likeness (QED) is 0.736. The van der Waals surface area contributed by atoms with Gasteiger partial charge in [-0.15, -0.1) is 0 Å². The number of hydrogen-bond donors (Lipinski definition) is 1. The molecule has 3 nitrogen and oxygen atoms in total. The number of hydrogen-bond acceptors (Lipinski definition) is 3. The zero-order valence-electron chi connectivity index (χ0n) is 8.38. The third-order valence-electron chi connectivity index (χ3n) is 2.53. The van der Waals surface area contributed by atoms with Crippen molar-refractivity contribution in [1.82, 2.24) is 5.48 Å². The van der Waals surface area contributed by atoms with Gasteiger partial charge < -0.3 is 9.57 Å². The van der Waals surface area contributed by atoms with Crippen LogP contribution in [0.4, 0.5) is 0 Å². The van der Waals surface area contributed by atoms with Crippen molar-refractivity contribution in [3.63, 3.8) is 0 Å². The Morgan fingerprint density at radius 1 is 1.50 bits per heavy atom. The summed E-state index contributed by atoms with van der Waals surface area (Å²) in [6, 6.07) is 6.33. The third-order valence-corrected chi connectivity index (χ3v) is 2.53. The first-order valence-corrected chi connectivity index (χ1v) is 4.85. The monoisotopic (exact) mass is 193 g/mol. The summed E-state index contributed by atoms with van der Waals surface area (Å²) in [6.45, 7) is 2.34. The largest absolute Gasteiger partial charge is 0.376 e. The third kappa shape index (κ3) is 1.95. The van der Waals surface area contributed by atoms with Crippen molar-refractivity contribution in [2.24, 2.45) is 0 Å². The van der Waals surface area contributed by atoms with Crippen LogP contribution in [-0.4, -0.2) is 13.7 Å². The molecule has 76 valence electrons. The van der Waals surface area contributed by atoms with Crippen molar-refractivity contribution in [3.8, 4) is 0 Å². The maximum Gasteiger partial charge on any atom is 0.0719 e. The second-order valence-electron chi connectivity index (χ2n) is 3.38. The van der Waals surface area contributed by atoms with Gasteiger partial charge in [0.2, 0.25) is 0 Å². The predicted molar refractivity (Wildman–Crippen MR) is 53.7 cm³/mol. The molecular formula is C11H15NO2. The Morgan fingerprint density at radius 2 is 2.43 bits per heavy atom. The number of nitrogens with one attached hydrogen (secondary N) is 1. The molecule has 1 aliphatic heterocycles. The van der Waals surface area contributed by atoms with Crippen LogP contribution < -0.4 is 5.48 Å². The highest BCUT2D eigenvalue weighted by Crippen LogP contribution is 2.20. The first kappa shape index (κ1) is 9.65. The molecule has 0 aliphatic carbocycles. The molecule has 0 amide bonds. The Morgan fingerprint density at radius 3 is 3.29 bits per heavy atom. The molecule has 0 saturated carbocycles. The highest BCUT2D eigenvalue weighted by atomic mass is 16.6. The van der Waals surface area contributed by atoms with E-state index in [-0.39, 0.29) is 0 Å². The molecule has 3 heteroatoms. The molecule has 0 aromatic heterocycles. The summed E-state index contributed by atoms with van der Waals surface area (Å²) in [5.74, 6) is 0. The summed E-state index contributed by atoms with van der Waals surface area (Å²) in [7, 11) is 1.64. The van der Waals surface area contributed by atoms with Crippen molar-refractivity contribution in [2.75, 3.05) is 13.7 Å². The lowest BCUT2D eigenvalue weighted by molar-refractivity contribution is 0.0850. The van der Waals surface area contributed by atoms with Gasteiger partial charge in [-0.1, -0.05) is 18.2 Å². The molecule has 0 fully saturated rings. The first-order chi connectivity index (χ1) is 6.92. The summed E-state index contributed by atoms with van der Waals surface area (Å²) in [6.07, 6.45) is 1.01. The van der Waals surface area contributed by atoms with Crippen LogP contribution in [0, 0.1) is 0 Å². The molecule has 1 heterocycles. The fraction of sp³-hybridized carbons (Fsp3) is 0.455. The van der Waals surface area contributed by atoms with Crippen LogP contribution in [0.2, 0.25) is 0 Å². The number of benzene rings is 1. The predicted octanol–water partition coefficient (Wildman–Crippen LogP) is 1.41. The van der Waals surface area contributed by atoms with Crippen LogP contribution in [0.5, 0.6) is 0 Å². The molecule has 0 unspecified atom stereocenters. The first-order valence-electron chi connectivity index (χ1n) is 4.85. The molecule has 2 rings (SSSR count). The summed E-state index contributed by atoms with van der Waals surface area (Å²) < 4.78 is 5.40. The average molecular weight is 193 g/mol. The van der Waals surface area contributed by atoms with Gasteiger partial charge in [0.15, 0.2) is 0 Å². The molecule has 0 radical (unpaired) electrons. The number of hydroxylamine groups is 1. The molecule has 1 aromatic carbocycles. The van der Waals surface area contributed by atoms with Crippen LogP contribution in [-0.2, 0) is 29.1 Å².